The van der Waals surface area contributed by atoms with Crippen LogP contribution in [-0.2, 0) is 6.42 Å². The third kappa shape index (κ3) is 3.28. The van der Waals surface area contributed by atoms with E-state index in [4.69, 9.17) is 10.2 Å². The molecule has 4 heteroatoms. The minimum absolute atomic E-state index is 0.270. The largest absolute Gasteiger partial charge is 0.394 e. The summed E-state index contributed by atoms with van der Waals surface area (Å²) in [4.78, 5) is 12.0. The van der Waals surface area contributed by atoms with Gasteiger partial charge in [0.25, 0.3) is 5.91 Å². The van der Waals surface area contributed by atoms with Gasteiger partial charge in [-0.1, -0.05) is 25.1 Å². The van der Waals surface area contributed by atoms with E-state index in [1.807, 2.05) is 19.1 Å². The highest BCUT2D eigenvalue weighted by Gasteiger charge is 2.25. The monoisotopic (exact) mass is 237 g/mol. The van der Waals surface area contributed by atoms with Crippen LogP contribution in [0.4, 0.5) is 0 Å². The highest BCUT2D eigenvalue weighted by Crippen LogP contribution is 2.11. The maximum atomic E-state index is 12.0. The third-order valence-electron chi connectivity index (χ3n) is 2.76. The molecule has 0 atom stereocenters. The van der Waals surface area contributed by atoms with Crippen LogP contribution in [0.3, 0.4) is 0 Å². The molecule has 4 nitrogen and oxygen atoms in total. The number of rotatable bonds is 5. The van der Waals surface area contributed by atoms with Crippen LogP contribution in [0.15, 0.2) is 24.3 Å². The lowest BCUT2D eigenvalue weighted by atomic mass is 10.0. The molecule has 0 spiro atoms. The topological polar surface area (TPSA) is 69.6 Å². The van der Waals surface area contributed by atoms with Crippen molar-refractivity contribution in [1.82, 2.24) is 5.32 Å². The zero-order chi connectivity index (χ0) is 12.9. The molecule has 0 bridgehead atoms. The molecule has 0 unspecified atom stereocenters. The van der Waals surface area contributed by atoms with Gasteiger partial charge in [0.2, 0.25) is 0 Å². The number of amides is 1. The van der Waals surface area contributed by atoms with Crippen molar-refractivity contribution in [2.24, 2.45) is 0 Å². The predicted molar refractivity (Wildman–Crippen MR) is 65.9 cm³/mol. The average Bonchev–Trinajstić information content (AvgIpc) is 2.38. The standard InChI is InChI=1S/C13H19NO3/c1-3-10-6-4-5-7-11(10)12(17)14-13(2,8-15)9-16/h4-7,15-16H,3,8-9H2,1-2H3,(H,14,17). The van der Waals surface area contributed by atoms with Gasteiger partial charge in [-0.3, -0.25) is 4.79 Å². The molecule has 0 saturated carbocycles. The molecule has 1 rings (SSSR count). The molecule has 0 aliphatic heterocycles. The average molecular weight is 237 g/mol. The molecule has 0 fully saturated rings. The van der Waals surface area contributed by atoms with E-state index in [0.29, 0.717) is 5.56 Å². The van der Waals surface area contributed by atoms with Gasteiger partial charge in [0, 0.05) is 5.56 Å². The van der Waals surface area contributed by atoms with Crippen LogP contribution in [0.2, 0.25) is 0 Å². The van der Waals surface area contributed by atoms with Crippen LogP contribution in [0, 0.1) is 0 Å². The number of nitrogens with one attached hydrogen (secondary N) is 1. The first-order valence-corrected chi connectivity index (χ1v) is 5.68. The Morgan fingerprint density at radius 2 is 1.88 bits per heavy atom. The number of aryl methyl sites for hydroxylation is 1. The minimum Gasteiger partial charge on any atom is -0.394 e. The molecule has 1 aromatic rings. The molecule has 0 aliphatic carbocycles. The van der Waals surface area contributed by atoms with E-state index in [-0.39, 0.29) is 19.1 Å². The fourth-order valence-corrected chi connectivity index (χ4v) is 1.52. The van der Waals surface area contributed by atoms with Crippen molar-refractivity contribution in [3.8, 4) is 0 Å². The summed E-state index contributed by atoms with van der Waals surface area (Å²) < 4.78 is 0. The molecule has 0 aliphatic rings. The summed E-state index contributed by atoms with van der Waals surface area (Å²) in [6.45, 7) is 2.97. The summed E-state index contributed by atoms with van der Waals surface area (Å²) in [6.07, 6.45) is 0.762. The SMILES string of the molecule is CCc1ccccc1C(=O)NC(C)(CO)CO. The van der Waals surface area contributed by atoms with Crippen molar-refractivity contribution in [2.45, 2.75) is 25.8 Å². The second-order valence-electron chi connectivity index (χ2n) is 4.34. The molecular weight excluding hydrogens is 218 g/mol. The number of carbonyl (C=O) groups excluding carboxylic acids is 1. The fraction of sp³-hybridized carbons (Fsp3) is 0.462. The van der Waals surface area contributed by atoms with Gasteiger partial charge in [-0.2, -0.15) is 0 Å². The van der Waals surface area contributed by atoms with E-state index in [9.17, 15) is 4.79 Å². The van der Waals surface area contributed by atoms with Crippen molar-refractivity contribution in [3.63, 3.8) is 0 Å². The third-order valence-corrected chi connectivity index (χ3v) is 2.76. The van der Waals surface area contributed by atoms with Gasteiger partial charge < -0.3 is 15.5 Å². The van der Waals surface area contributed by atoms with Crippen LogP contribution >= 0.6 is 0 Å². The lowest BCUT2D eigenvalue weighted by Gasteiger charge is -2.26. The van der Waals surface area contributed by atoms with Gasteiger partial charge in [-0.05, 0) is 25.0 Å². The molecule has 17 heavy (non-hydrogen) atoms. The summed E-state index contributed by atoms with van der Waals surface area (Å²) >= 11 is 0. The van der Waals surface area contributed by atoms with Crippen molar-refractivity contribution in [2.75, 3.05) is 13.2 Å². The molecule has 0 heterocycles. The van der Waals surface area contributed by atoms with Crippen molar-refractivity contribution >= 4 is 5.91 Å². The Morgan fingerprint density at radius 3 is 2.41 bits per heavy atom. The maximum Gasteiger partial charge on any atom is 0.252 e. The fourth-order valence-electron chi connectivity index (χ4n) is 1.52. The first-order chi connectivity index (χ1) is 8.06. The summed E-state index contributed by atoms with van der Waals surface area (Å²) in [7, 11) is 0. The summed E-state index contributed by atoms with van der Waals surface area (Å²) in [5.41, 5.74) is 0.546. The van der Waals surface area contributed by atoms with Crippen molar-refractivity contribution in [1.29, 1.82) is 0 Å². The lowest BCUT2D eigenvalue weighted by molar-refractivity contribution is 0.0723. The predicted octanol–water partition coefficient (Wildman–Crippen LogP) is 0.722. The molecule has 0 aromatic heterocycles. The van der Waals surface area contributed by atoms with Crippen LogP contribution < -0.4 is 5.32 Å². The van der Waals surface area contributed by atoms with Gasteiger partial charge in [0.1, 0.15) is 0 Å². The molecule has 94 valence electrons. The second kappa shape index (κ2) is 5.80. The number of aliphatic hydroxyl groups is 2. The zero-order valence-corrected chi connectivity index (χ0v) is 10.2. The lowest BCUT2D eigenvalue weighted by Crippen LogP contribution is -2.51. The van der Waals surface area contributed by atoms with Gasteiger partial charge >= 0.3 is 0 Å². The smallest absolute Gasteiger partial charge is 0.252 e. The number of hydrogen-bond donors (Lipinski definition) is 3. The Kier molecular flexibility index (Phi) is 4.66. The van der Waals surface area contributed by atoms with Crippen molar-refractivity contribution in [3.05, 3.63) is 35.4 Å². The van der Waals surface area contributed by atoms with E-state index >= 15 is 0 Å². The first-order valence-electron chi connectivity index (χ1n) is 5.68. The van der Waals surface area contributed by atoms with E-state index in [1.54, 1.807) is 19.1 Å². The Hall–Kier alpha value is -1.39. The summed E-state index contributed by atoms with van der Waals surface area (Å²) in [5.74, 6) is -0.270. The quantitative estimate of drug-likeness (QED) is 0.707. The Labute approximate surface area is 101 Å². The van der Waals surface area contributed by atoms with E-state index in [0.717, 1.165) is 12.0 Å². The van der Waals surface area contributed by atoms with Gasteiger partial charge in [0.15, 0.2) is 0 Å². The highest BCUT2D eigenvalue weighted by atomic mass is 16.3. The van der Waals surface area contributed by atoms with E-state index in [2.05, 4.69) is 5.32 Å². The Bertz CT molecular complexity index is 386. The normalized spacial score (nSPS) is 11.3. The zero-order valence-electron chi connectivity index (χ0n) is 10.2. The molecule has 0 saturated heterocycles. The molecule has 1 aromatic carbocycles. The van der Waals surface area contributed by atoms with Crippen LogP contribution in [0.5, 0.6) is 0 Å². The number of carbonyl (C=O) groups is 1. The van der Waals surface area contributed by atoms with E-state index in [1.165, 1.54) is 0 Å². The minimum atomic E-state index is -0.988. The van der Waals surface area contributed by atoms with Crippen LogP contribution in [0.1, 0.15) is 29.8 Å². The number of benzene rings is 1. The molecule has 3 N–H and O–H groups in total. The summed E-state index contributed by atoms with van der Waals surface area (Å²) in [5, 5.41) is 20.9. The number of aliphatic hydroxyl groups excluding tert-OH is 2. The van der Waals surface area contributed by atoms with Gasteiger partial charge in [-0.25, -0.2) is 0 Å². The maximum absolute atomic E-state index is 12.0. The molecular formula is C13H19NO3. The highest BCUT2D eigenvalue weighted by molar-refractivity contribution is 5.96. The van der Waals surface area contributed by atoms with Gasteiger partial charge in [0.05, 0.1) is 18.8 Å². The first kappa shape index (κ1) is 13.7. The molecule has 0 radical (unpaired) electrons. The Balaban J connectivity index is 2.90. The summed E-state index contributed by atoms with van der Waals surface area (Å²) in [6, 6.07) is 7.31. The van der Waals surface area contributed by atoms with E-state index < -0.39 is 5.54 Å². The van der Waals surface area contributed by atoms with Gasteiger partial charge in [-0.15, -0.1) is 0 Å². The van der Waals surface area contributed by atoms with Crippen molar-refractivity contribution < 1.29 is 15.0 Å². The van der Waals surface area contributed by atoms with Crippen LogP contribution in [0.25, 0.3) is 0 Å². The second-order valence-corrected chi connectivity index (χ2v) is 4.34. The van der Waals surface area contributed by atoms with Crippen LogP contribution in [-0.4, -0.2) is 34.9 Å². The molecule has 1 amide bonds. The Morgan fingerprint density at radius 1 is 1.29 bits per heavy atom. The number of hydrogen-bond acceptors (Lipinski definition) is 3.